The number of ether oxygens (including phenoxy) is 1. The second kappa shape index (κ2) is 2.21. The first-order chi connectivity index (χ1) is 4.52. The second-order valence-electron chi connectivity index (χ2n) is 2.58. The third kappa shape index (κ3) is 1.68. The number of carbonyl (C=O) groups excluding carboxylic acids is 1. The summed E-state index contributed by atoms with van der Waals surface area (Å²) in [6, 6.07) is 0. The maximum Gasteiger partial charge on any atom is 0.302 e. The third-order valence-electron chi connectivity index (χ3n) is 1.53. The average molecular weight is 146 g/mol. The van der Waals surface area contributed by atoms with Crippen LogP contribution in [0.4, 0.5) is 0 Å². The molecule has 1 aliphatic carbocycles. The molecular formula is C6H10O4. The van der Waals surface area contributed by atoms with Crippen LogP contribution >= 0.6 is 0 Å². The van der Waals surface area contributed by atoms with Crippen molar-refractivity contribution in [2.24, 2.45) is 5.92 Å². The zero-order chi connectivity index (χ0) is 7.78. The van der Waals surface area contributed by atoms with E-state index < -0.39 is 5.79 Å². The van der Waals surface area contributed by atoms with E-state index in [4.69, 9.17) is 10.2 Å². The molecule has 0 aromatic heterocycles. The first-order valence-electron chi connectivity index (χ1n) is 3.10. The lowest BCUT2D eigenvalue weighted by Gasteiger charge is -2.01. The summed E-state index contributed by atoms with van der Waals surface area (Å²) < 4.78 is 4.54. The highest BCUT2D eigenvalue weighted by Gasteiger charge is 2.52. The van der Waals surface area contributed by atoms with Crippen molar-refractivity contribution in [2.75, 3.05) is 6.61 Å². The minimum Gasteiger partial charge on any atom is -0.465 e. The largest absolute Gasteiger partial charge is 0.465 e. The normalized spacial score (nSPS) is 27.7. The van der Waals surface area contributed by atoms with Gasteiger partial charge in [-0.1, -0.05) is 0 Å². The summed E-state index contributed by atoms with van der Waals surface area (Å²) in [6.45, 7) is 1.40. The molecule has 10 heavy (non-hydrogen) atoms. The van der Waals surface area contributed by atoms with Crippen LogP contribution in [-0.2, 0) is 9.53 Å². The molecule has 0 aromatic carbocycles. The lowest BCUT2D eigenvalue weighted by atomic mass is 10.4. The Morgan fingerprint density at radius 2 is 2.30 bits per heavy atom. The maximum absolute atomic E-state index is 10.2. The maximum atomic E-state index is 10.2. The quantitative estimate of drug-likeness (QED) is 0.397. The van der Waals surface area contributed by atoms with Crippen molar-refractivity contribution in [2.45, 2.75) is 19.1 Å². The smallest absolute Gasteiger partial charge is 0.302 e. The van der Waals surface area contributed by atoms with Gasteiger partial charge in [0.05, 0.1) is 12.5 Å². The highest BCUT2D eigenvalue weighted by Crippen LogP contribution is 2.40. The highest BCUT2D eigenvalue weighted by atomic mass is 16.5. The molecule has 1 rings (SSSR count). The van der Waals surface area contributed by atoms with Gasteiger partial charge in [-0.3, -0.25) is 4.79 Å². The first kappa shape index (κ1) is 7.50. The summed E-state index contributed by atoms with van der Waals surface area (Å²) in [7, 11) is 0. The Kier molecular flexibility index (Phi) is 1.66. The molecule has 1 atom stereocenters. The molecule has 4 heteroatoms. The van der Waals surface area contributed by atoms with Crippen LogP contribution in [-0.4, -0.2) is 28.6 Å². The first-order valence-corrected chi connectivity index (χ1v) is 3.10. The van der Waals surface area contributed by atoms with Crippen LogP contribution in [0.25, 0.3) is 0 Å². The molecule has 0 saturated heterocycles. The Bertz CT molecular complexity index is 152. The van der Waals surface area contributed by atoms with Gasteiger partial charge < -0.3 is 14.9 Å². The number of hydrogen-bond donors (Lipinski definition) is 2. The fraction of sp³-hybridized carbons (Fsp3) is 0.833. The van der Waals surface area contributed by atoms with Crippen molar-refractivity contribution < 1.29 is 19.7 Å². The molecule has 1 saturated carbocycles. The van der Waals surface area contributed by atoms with Crippen LogP contribution < -0.4 is 0 Å². The van der Waals surface area contributed by atoms with Gasteiger partial charge in [-0.05, 0) is 0 Å². The lowest BCUT2D eigenvalue weighted by molar-refractivity contribution is -0.144. The van der Waals surface area contributed by atoms with E-state index in [-0.39, 0.29) is 18.5 Å². The van der Waals surface area contributed by atoms with E-state index in [1.165, 1.54) is 6.92 Å². The summed E-state index contributed by atoms with van der Waals surface area (Å²) in [5, 5.41) is 17.5. The lowest BCUT2D eigenvalue weighted by Crippen LogP contribution is -2.13. The van der Waals surface area contributed by atoms with Gasteiger partial charge in [0.15, 0.2) is 5.79 Å². The van der Waals surface area contributed by atoms with E-state index in [1.807, 2.05) is 0 Å². The molecular weight excluding hydrogens is 136 g/mol. The van der Waals surface area contributed by atoms with E-state index in [2.05, 4.69) is 4.74 Å². The minimum absolute atomic E-state index is 0.113. The number of rotatable bonds is 2. The molecule has 2 N–H and O–H groups in total. The summed E-state index contributed by atoms with van der Waals surface area (Å²) in [6.07, 6.45) is 0.306. The van der Waals surface area contributed by atoms with Crippen molar-refractivity contribution in [1.29, 1.82) is 0 Å². The fourth-order valence-corrected chi connectivity index (χ4v) is 0.714. The number of carbonyl (C=O) groups is 1. The number of esters is 1. The molecule has 0 bridgehead atoms. The third-order valence-corrected chi connectivity index (χ3v) is 1.53. The molecule has 4 nitrogen and oxygen atoms in total. The molecule has 58 valence electrons. The monoisotopic (exact) mass is 146 g/mol. The zero-order valence-electron chi connectivity index (χ0n) is 5.70. The van der Waals surface area contributed by atoms with E-state index in [9.17, 15) is 4.79 Å². The molecule has 1 unspecified atom stereocenters. The van der Waals surface area contributed by atoms with Gasteiger partial charge in [0.1, 0.15) is 0 Å². The Morgan fingerprint density at radius 1 is 1.80 bits per heavy atom. The molecule has 0 aliphatic heterocycles. The van der Waals surface area contributed by atoms with Gasteiger partial charge in [0, 0.05) is 13.3 Å². The van der Waals surface area contributed by atoms with Gasteiger partial charge in [0.2, 0.25) is 0 Å². The van der Waals surface area contributed by atoms with Crippen molar-refractivity contribution >= 4 is 5.97 Å². The molecule has 1 aliphatic rings. The Balaban J connectivity index is 2.13. The molecule has 0 spiro atoms. The molecule has 0 heterocycles. The summed E-state index contributed by atoms with van der Waals surface area (Å²) in [5.74, 6) is -2.24. The standard InChI is InChI=1S/C6H10O4/c1-4(7)10-3-5-2-6(5,8)9/h5,8-9H,2-3H2,1H3. The predicted molar refractivity (Wildman–Crippen MR) is 31.9 cm³/mol. The fourth-order valence-electron chi connectivity index (χ4n) is 0.714. The van der Waals surface area contributed by atoms with E-state index >= 15 is 0 Å². The second-order valence-corrected chi connectivity index (χ2v) is 2.58. The predicted octanol–water partition coefficient (Wildman–Crippen LogP) is -0.750. The van der Waals surface area contributed by atoms with Crippen LogP contribution in [0.15, 0.2) is 0 Å². The van der Waals surface area contributed by atoms with E-state index in [0.29, 0.717) is 6.42 Å². The Morgan fingerprint density at radius 3 is 2.60 bits per heavy atom. The van der Waals surface area contributed by atoms with Crippen molar-refractivity contribution in [1.82, 2.24) is 0 Å². The zero-order valence-corrected chi connectivity index (χ0v) is 5.70. The van der Waals surface area contributed by atoms with Crippen LogP contribution in [0.1, 0.15) is 13.3 Å². The molecule has 0 radical (unpaired) electrons. The van der Waals surface area contributed by atoms with Gasteiger partial charge in [0.25, 0.3) is 0 Å². The summed E-state index contributed by atoms with van der Waals surface area (Å²) >= 11 is 0. The van der Waals surface area contributed by atoms with Crippen LogP contribution in [0.5, 0.6) is 0 Å². The van der Waals surface area contributed by atoms with Crippen molar-refractivity contribution in [3.8, 4) is 0 Å². The van der Waals surface area contributed by atoms with Crippen molar-refractivity contribution in [3.05, 3.63) is 0 Å². The SMILES string of the molecule is CC(=O)OCC1CC1(O)O. The Labute approximate surface area is 58.4 Å². The highest BCUT2D eigenvalue weighted by molar-refractivity contribution is 5.65. The minimum atomic E-state index is -1.57. The topological polar surface area (TPSA) is 66.8 Å². The molecule has 1 fully saturated rings. The van der Waals surface area contributed by atoms with Gasteiger partial charge in [-0.25, -0.2) is 0 Å². The number of aliphatic hydroxyl groups is 2. The number of hydrogen-bond acceptors (Lipinski definition) is 4. The van der Waals surface area contributed by atoms with Gasteiger partial charge >= 0.3 is 5.97 Å². The van der Waals surface area contributed by atoms with Crippen LogP contribution in [0.2, 0.25) is 0 Å². The van der Waals surface area contributed by atoms with Crippen LogP contribution in [0, 0.1) is 5.92 Å². The van der Waals surface area contributed by atoms with Crippen molar-refractivity contribution in [3.63, 3.8) is 0 Å². The molecule has 0 amide bonds. The summed E-state index contributed by atoms with van der Waals surface area (Å²) in [4.78, 5) is 10.2. The van der Waals surface area contributed by atoms with E-state index in [1.54, 1.807) is 0 Å². The summed E-state index contributed by atoms with van der Waals surface area (Å²) in [5.41, 5.74) is 0. The molecule has 0 aromatic rings. The van der Waals surface area contributed by atoms with Gasteiger partial charge in [-0.2, -0.15) is 0 Å². The Hall–Kier alpha value is -0.610. The average Bonchev–Trinajstić information content (AvgIpc) is 2.35. The van der Waals surface area contributed by atoms with Crippen LogP contribution in [0.3, 0.4) is 0 Å². The van der Waals surface area contributed by atoms with E-state index in [0.717, 1.165) is 0 Å². The van der Waals surface area contributed by atoms with Gasteiger partial charge in [-0.15, -0.1) is 0 Å².